The number of rotatable bonds is 3. The molecule has 1 fully saturated rings. The summed E-state index contributed by atoms with van der Waals surface area (Å²) in [7, 11) is -1.54. The van der Waals surface area contributed by atoms with E-state index in [2.05, 4.69) is 58.2 Å². The van der Waals surface area contributed by atoms with Crippen LogP contribution in [0.15, 0.2) is 24.3 Å². The highest BCUT2D eigenvalue weighted by Crippen LogP contribution is 2.57. The van der Waals surface area contributed by atoms with Crippen molar-refractivity contribution in [1.29, 1.82) is 0 Å². The molecular formula is C14H24OSi. The molecule has 0 bridgehead atoms. The molecule has 2 aliphatic carbocycles. The van der Waals surface area contributed by atoms with Crippen molar-refractivity contribution in [2.24, 2.45) is 11.3 Å². The van der Waals surface area contributed by atoms with Gasteiger partial charge in [-0.1, -0.05) is 45.1 Å². The molecule has 0 heterocycles. The van der Waals surface area contributed by atoms with Gasteiger partial charge in [0, 0.05) is 12.0 Å². The fourth-order valence-electron chi connectivity index (χ4n) is 2.04. The first-order chi connectivity index (χ1) is 7.27. The van der Waals surface area contributed by atoms with E-state index in [0.717, 1.165) is 12.5 Å². The zero-order valence-corrected chi connectivity index (χ0v) is 12.2. The van der Waals surface area contributed by atoms with Crippen LogP contribution < -0.4 is 0 Å². The molecular weight excluding hydrogens is 212 g/mol. The molecule has 0 N–H and O–H groups in total. The minimum Gasteiger partial charge on any atom is -0.417 e. The lowest BCUT2D eigenvalue weighted by molar-refractivity contribution is 0.263. The van der Waals surface area contributed by atoms with Crippen LogP contribution in [0.1, 0.15) is 27.2 Å². The van der Waals surface area contributed by atoms with E-state index in [1.165, 1.54) is 6.42 Å². The van der Waals surface area contributed by atoms with Gasteiger partial charge < -0.3 is 4.43 Å². The second-order valence-electron chi connectivity index (χ2n) is 6.80. The molecule has 2 heteroatoms. The van der Waals surface area contributed by atoms with Crippen LogP contribution in [0.25, 0.3) is 0 Å². The number of allylic oxidation sites excluding steroid dienone is 4. The standard InChI is InChI=1S/C14H24OSi/c1-13(2,3)16(4,5)15-11-12-10-14(12)8-6-7-9-14/h6-9,12H,10-11H2,1-5H3. The first kappa shape index (κ1) is 12.1. The largest absolute Gasteiger partial charge is 0.417 e. The van der Waals surface area contributed by atoms with Crippen molar-refractivity contribution in [3.63, 3.8) is 0 Å². The summed E-state index contributed by atoms with van der Waals surface area (Å²) in [5.74, 6) is 0.733. The van der Waals surface area contributed by atoms with E-state index >= 15 is 0 Å². The second-order valence-corrected chi connectivity index (χ2v) is 11.6. The third kappa shape index (κ3) is 2.05. The molecule has 90 valence electrons. The van der Waals surface area contributed by atoms with Crippen LogP contribution in [0.2, 0.25) is 18.1 Å². The summed E-state index contributed by atoms with van der Waals surface area (Å²) >= 11 is 0. The van der Waals surface area contributed by atoms with E-state index in [-0.39, 0.29) is 0 Å². The molecule has 1 saturated carbocycles. The highest BCUT2D eigenvalue weighted by Gasteiger charge is 2.52. The zero-order valence-electron chi connectivity index (χ0n) is 11.2. The molecule has 1 atom stereocenters. The predicted molar refractivity (Wildman–Crippen MR) is 72.0 cm³/mol. The van der Waals surface area contributed by atoms with Gasteiger partial charge in [0.15, 0.2) is 8.32 Å². The van der Waals surface area contributed by atoms with Crippen molar-refractivity contribution in [3.8, 4) is 0 Å². The van der Waals surface area contributed by atoms with Crippen molar-refractivity contribution in [3.05, 3.63) is 24.3 Å². The molecule has 1 nitrogen and oxygen atoms in total. The van der Waals surface area contributed by atoms with Gasteiger partial charge in [0.05, 0.1) is 0 Å². The number of hydrogen-bond donors (Lipinski definition) is 0. The van der Waals surface area contributed by atoms with Gasteiger partial charge in [-0.3, -0.25) is 0 Å². The van der Waals surface area contributed by atoms with Crippen LogP contribution in [-0.4, -0.2) is 14.9 Å². The Hall–Kier alpha value is -0.343. The van der Waals surface area contributed by atoms with E-state index in [9.17, 15) is 0 Å². The third-order valence-corrected chi connectivity index (χ3v) is 9.08. The van der Waals surface area contributed by atoms with Crippen LogP contribution in [0, 0.1) is 11.3 Å². The first-order valence-corrected chi connectivity index (χ1v) is 9.19. The average Bonchev–Trinajstić information content (AvgIpc) is 2.56. The predicted octanol–water partition coefficient (Wildman–Crippen LogP) is 4.14. The molecule has 0 aromatic heterocycles. The summed E-state index contributed by atoms with van der Waals surface area (Å²) in [6.45, 7) is 12.5. The lowest BCUT2D eigenvalue weighted by Crippen LogP contribution is -2.41. The fraction of sp³-hybridized carbons (Fsp3) is 0.714. The van der Waals surface area contributed by atoms with Gasteiger partial charge in [0.2, 0.25) is 0 Å². The molecule has 2 rings (SSSR count). The van der Waals surface area contributed by atoms with Crippen LogP contribution in [0.5, 0.6) is 0 Å². The molecule has 0 amide bonds. The topological polar surface area (TPSA) is 9.23 Å². The monoisotopic (exact) mass is 236 g/mol. The fourth-order valence-corrected chi connectivity index (χ4v) is 3.09. The highest BCUT2D eigenvalue weighted by molar-refractivity contribution is 6.74. The van der Waals surface area contributed by atoms with Gasteiger partial charge in [-0.25, -0.2) is 0 Å². The quantitative estimate of drug-likeness (QED) is 0.669. The van der Waals surface area contributed by atoms with Gasteiger partial charge in [0.25, 0.3) is 0 Å². The number of hydrogen-bond acceptors (Lipinski definition) is 1. The lowest BCUT2D eigenvalue weighted by atomic mass is 10.1. The minimum atomic E-state index is -1.54. The summed E-state index contributed by atoms with van der Waals surface area (Å²) in [4.78, 5) is 0. The Morgan fingerprint density at radius 3 is 2.31 bits per heavy atom. The second kappa shape index (κ2) is 3.57. The van der Waals surface area contributed by atoms with Gasteiger partial charge in [0.1, 0.15) is 0 Å². The van der Waals surface area contributed by atoms with E-state index in [1.54, 1.807) is 0 Å². The van der Waals surface area contributed by atoms with Crippen LogP contribution in [0.3, 0.4) is 0 Å². The van der Waals surface area contributed by atoms with Crippen LogP contribution in [-0.2, 0) is 4.43 Å². The molecule has 16 heavy (non-hydrogen) atoms. The van der Waals surface area contributed by atoms with Crippen molar-refractivity contribution in [1.82, 2.24) is 0 Å². The van der Waals surface area contributed by atoms with Gasteiger partial charge >= 0.3 is 0 Å². The van der Waals surface area contributed by atoms with E-state index in [4.69, 9.17) is 4.43 Å². The SMILES string of the molecule is CC(C)(C)[Si](C)(C)OCC1CC12C=CC=C2. The Balaban J connectivity index is 1.86. The first-order valence-electron chi connectivity index (χ1n) is 6.28. The Kier molecular flexibility index (Phi) is 2.71. The maximum atomic E-state index is 6.28. The maximum absolute atomic E-state index is 6.28. The molecule has 0 aliphatic heterocycles. The Bertz CT molecular complexity index is 321. The van der Waals surface area contributed by atoms with E-state index in [0.29, 0.717) is 10.5 Å². The van der Waals surface area contributed by atoms with Crippen molar-refractivity contribution in [2.75, 3.05) is 6.61 Å². The zero-order chi connectivity index (χ0) is 12.0. The normalized spacial score (nSPS) is 26.7. The van der Waals surface area contributed by atoms with Gasteiger partial charge in [-0.15, -0.1) is 0 Å². The van der Waals surface area contributed by atoms with Crippen molar-refractivity contribution in [2.45, 2.75) is 45.3 Å². The summed E-state index contributed by atoms with van der Waals surface area (Å²) in [5.41, 5.74) is 0.391. The van der Waals surface area contributed by atoms with Crippen LogP contribution >= 0.6 is 0 Å². The van der Waals surface area contributed by atoms with E-state index in [1.807, 2.05) is 0 Å². The Labute approximate surface area is 101 Å². The Morgan fingerprint density at radius 1 is 1.25 bits per heavy atom. The average molecular weight is 236 g/mol. The van der Waals surface area contributed by atoms with E-state index < -0.39 is 8.32 Å². The smallest absolute Gasteiger partial charge is 0.191 e. The Morgan fingerprint density at radius 2 is 1.81 bits per heavy atom. The molecule has 0 saturated heterocycles. The summed E-state index contributed by atoms with van der Waals surface area (Å²) in [6, 6.07) is 0. The minimum absolute atomic E-state index is 0.330. The molecule has 1 unspecified atom stereocenters. The molecule has 1 spiro atoms. The van der Waals surface area contributed by atoms with Gasteiger partial charge in [-0.05, 0) is 30.5 Å². The maximum Gasteiger partial charge on any atom is 0.191 e. The summed E-state index contributed by atoms with van der Waals surface area (Å²) in [6.07, 6.45) is 10.3. The lowest BCUT2D eigenvalue weighted by Gasteiger charge is -2.36. The third-order valence-electron chi connectivity index (χ3n) is 4.58. The molecule has 2 aliphatic rings. The highest BCUT2D eigenvalue weighted by atomic mass is 28.4. The molecule has 0 aromatic carbocycles. The van der Waals surface area contributed by atoms with Crippen LogP contribution in [0.4, 0.5) is 0 Å². The summed E-state index contributed by atoms with van der Waals surface area (Å²) in [5, 5.41) is 0.330. The van der Waals surface area contributed by atoms with Crippen molar-refractivity contribution < 1.29 is 4.43 Å². The molecule has 0 radical (unpaired) electrons. The van der Waals surface area contributed by atoms with Gasteiger partial charge in [-0.2, -0.15) is 0 Å². The molecule has 0 aromatic rings. The summed E-state index contributed by atoms with van der Waals surface area (Å²) < 4.78 is 6.28. The van der Waals surface area contributed by atoms with Crippen molar-refractivity contribution >= 4 is 8.32 Å².